The quantitative estimate of drug-likeness (QED) is 0.290. The lowest BCUT2D eigenvalue weighted by atomic mass is 10.1. The second-order valence-corrected chi connectivity index (χ2v) is 14.4. The largest absolute Gasteiger partial charge is 0.390 e. The smallest absolute Gasteiger partial charge is 0.175 e. The average Bonchev–Trinajstić information content (AvgIpc) is 3.71. The zero-order valence-electron chi connectivity index (χ0n) is 24.3. The van der Waals surface area contributed by atoms with Crippen LogP contribution in [0.25, 0.3) is 33.4 Å². The summed E-state index contributed by atoms with van der Waals surface area (Å²) >= 11 is 0. The molecule has 216 valence electrons. The number of benzene rings is 2. The van der Waals surface area contributed by atoms with Gasteiger partial charge in [-0.3, -0.25) is 9.88 Å². The molecule has 2 aromatic heterocycles. The van der Waals surface area contributed by atoms with Crippen molar-refractivity contribution in [2.75, 3.05) is 39.0 Å². The van der Waals surface area contributed by atoms with E-state index in [1.165, 1.54) is 17.3 Å². The molecule has 0 amide bonds. The van der Waals surface area contributed by atoms with Gasteiger partial charge < -0.3 is 14.6 Å². The normalized spacial score (nSPS) is 17.4. The van der Waals surface area contributed by atoms with Gasteiger partial charge in [0, 0.05) is 74.4 Å². The number of sulfone groups is 1. The van der Waals surface area contributed by atoms with Gasteiger partial charge in [0.05, 0.1) is 21.7 Å². The minimum Gasteiger partial charge on any atom is -0.390 e. The molecule has 2 aliphatic rings. The van der Waals surface area contributed by atoms with Crippen molar-refractivity contribution in [1.82, 2.24) is 19.4 Å². The first-order valence-corrected chi connectivity index (χ1v) is 16.5. The fourth-order valence-electron chi connectivity index (χ4n) is 5.74. The maximum Gasteiger partial charge on any atom is 0.175 e. The second-order valence-electron chi connectivity index (χ2n) is 12.4. The van der Waals surface area contributed by atoms with Gasteiger partial charge in [0.15, 0.2) is 9.84 Å². The zero-order chi connectivity index (χ0) is 28.8. The third kappa shape index (κ3) is 6.56. The van der Waals surface area contributed by atoms with Crippen molar-refractivity contribution in [1.29, 1.82) is 0 Å². The van der Waals surface area contributed by atoms with Crippen LogP contribution in [0.4, 0.5) is 0 Å². The first-order valence-electron chi connectivity index (χ1n) is 14.6. The Bertz CT molecular complexity index is 1630. The first-order chi connectivity index (χ1) is 19.5. The molecule has 6 rings (SSSR count). The van der Waals surface area contributed by atoms with Gasteiger partial charge in [-0.1, -0.05) is 36.4 Å². The van der Waals surface area contributed by atoms with E-state index in [0.717, 1.165) is 86.4 Å². The predicted molar refractivity (Wildman–Crippen MR) is 165 cm³/mol. The van der Waals surface area contributed by atoms with Crippen molar-refractivity contribution in [2.45, 2.75) is 56.2 Å². The Balaban J connectivity index is 1.17. The van der Waals surface area contributed by atoms with Crippen LogP contribution < -0.4 is 0 Å². The molecule has 4 aromatic rings. The van der Waals surface area contributed by atoms with Gasteiger partial charge in [-0.2, -0.15) is 0 Å². The zero-order valence-corrected chi connectivity index (χ0v) is 25.1. The Hall–Kier alpha value is -3.04. The molecule has 0 unspecified atom stereocenters. The number of aliphatic hydroxyl groups is 1. The lowest BCUT2D eigenvalue weighted by Crippen LogP contribution is -2.47. The van der Waals surface area contributed by atoms with Crippen LogP contribution in [0.15, 0.2) is 71.8 Å². The van der Waals surface area contributed by atoms with E-state index in [9.17, 15) is 13.5 Å². The maximum absolute atomic E-state index is 11.9. The Morgan fingerprint density at radius 2 is 1.54 bits per heavy atom. The monoisotopic (exact) mass is 572 g/mol. The SMILES string of the molecule is CC(C)(O)CCN1CCN(Cc2ccc(-c3cc4c(cn3)cc(-c3ccc(S(C)(=O)=O)cc3)n4C3CC3)cc2)CC1. The van der Waals surface area contributed by atoms with Crippen LogP contribution in [0.2, 0.25) is 0 Å². The summed E-state index contributed by atoms with van der Waals surface area (Å²) in [5.74, 6) is 0. The minimum atomic E-state index is -3.23. The summed E-state index contributed by atoms with van der Waals surface area (Å²) in [6.07, 6.45) is 6.31. The molecular formula is C33H40N4O3S. The Kier molecular flexibility index (Phi) is 7.53. The van der Waals surface area contributed by atoms with E-state index >= 15 is 0 Å². The molecule has 8 heteroatoms. The topological polar surface area (TPSA) is 78.7 Å². The van der Waals surface area contributed by atoms with Crippen LogP contribution in [0, 0.1) is 0 Å². The van der Waals surface area contributed by atoms with E-state index in [4.69, 9.17) is 4.98 Å². The maximum atomic E-state index is 11.9. The van der Waals surface area contributed by atoms with Crippen LogP contribution in [0.5, 0.6) is 0 Å². The summed E-state index contributed by atoms with van der Waals surface area (Å²) in [4.78, 5) is 10.1. The lowest BCUT2D eigenvalue weighted by Gasteiger charge is -2.35. The molecule has 0 atom stereocenters. The number of nitrogens with zero attached hydrogens (tertiary/aromatic N) is 4. The Morgan fingerprint density at radius 1 is 0.902 bits per heavy atom. The van der Waals surface area contributed by atoms with E-state index < -0.39 is 15.4 Å². The van der Waals surface area contributed by atoms with Crippen LogP contribution in [0.3, 0.4) is 0 Å². The molecule has 7 nitrogen and oxygen atoms in total. The van der Waals surface area contributed by atoms with Gasteiger partial charge in [0.2, 0.25) is 0 Å². The molecule has 1 N–H and O–H groups in total. The molecule has 3 heterocycles. The van der Waals surface area contributed by atoms with Crippen LogP contribution >= 0.6 is 0 Å². The molecule has 2 fully saturated rings. The van der Waals surface area contributed by atoms with Crippen LogP contribution in [-0.2, 0) is 16.4 Å². The molecule has 0 bridgehead atoms. The second kappa shape index (κ2) is 11.0. The fourth-order valence-corrected chi connectivity index (χ4v) is 6.37. The van der Waals surface area contributed by atoms with Crippen molar-refractivity contribution in [2.24, 2.45) is 0 Å². The van der Waals surface area contributed by atoms with E-state index in [2.05, 4.69) is 50.8 Å². The van der Waals surface area contributed by atoms with Gasteiger partial charge in [-0.25, -0.2) is 8.42 Å². The summed E-state index contributed by atoms with van der Waals surface area (Å²) in [6, 6.07) is 20.8. The highest BCUT2D eigenvalue weighted by atomic mass is 32.2. The molecular weight excluding hydrogens is 532 g/mol. The molecule has 41 heavy (non-hydrogen) atoms. The molecule has 1 aliphatic heterocycles. The third-order valence-corrected chi connectivity index (χ3v) is 9.50. The van der Waals surface area contributed by atoms with E-state index in [-0.39, 0.29) is 0 Å². The van der Waals surface area contributed by atoms with E-state index in [1.54, 1.807) is 12.1 Å². The molecule has 0 radical (unpaired) electrons. The Morgan fingerprint density at radius 3 is 2.15 bits per heavy atom. The summed E-state index contributed by atoms with van der Waals surface area (Å²) < 4.78 is 26.3. The highest BCUT2D eigenvalue weighted by Gasteiger charge is 2.28. The van der Waals surface area contributed by atoms with Gasteiger partial charge in [-0.05, 0) is 68.5 Å². The fraction of sp³-hybridized carbons (Fsp3) is 0.424. The number of aromatic nitrogens is 2. The van der Waals surface area contributed by atoms with Gasteiger partial charge >= 0.3 is 0 Å². The number of fused-ring (bicyclic) bond motifs is 1. The van der Waals surface area contributed by atoms with Crippen LogP contribution in [-0.4, -0.2) is 77.5 Å². The van der Waals surface area contributed by atoms with Gasteiger partial charge in [0.25, 0.3) is 0 Å². The lowest BCUT2D eigenvalue weighted by molar-refractivity contribution is 0.0467. The third-order valence-electron chi connectivity index (χ3n) is 8.37. The molecule has 1 saturated carbocycles. The van der Waals surface area contributed by atoms with Crippen LogP contribution in [0.1, 0.15) is 44.7 Å². The van der Waals surface area contributed by atoms with Crippen molar-refractivity contribution < 1.29 is 13.5 Å². The minimum absolute atomic E-state index is 0.340. The number of hydrogen-bond donors (Lipinski definition) is 1. The van der Waals surface area contributed by atoms with Crippen molar-refractivity contribution >= 4 is 20.7 Å². The number of rotatable bonds is 9. The van der Waals surface area contributed by atoms with Crippen molar-refractivity contribution in [3.8, 4) is 22.5 Å². The number of hydrogen-bond acceptors (Lipinski definition) is 6. The number of pyridine rings is 1. The van der Waals surface area contributed by atoms with E-state index in [0.29, 0.717) is 10.9 Å². The Labute approximate surface area is 243 Å². The average molecular weight is 573 g/mol. The first kappa shape index (κ1) is 28.1. The van der Waals surface area contributed by atoms with Crippen molar-refractivity contribution in [3.05, 3.63) is 72.4 Å². The number of piperazine rings is 1. The summed E-state index contributed by atoms with van der Waals surface area (Å²) in [7, 11) is -3.23. The van der Waals surface area contributed by atoms with Gasteiger partial charge in [0.1, 0.15) is 0 Å². The molecule has 1 aliphatic carbocycles. The molecule has 2 aromatic carbocycles. The summed E-state index contributed by atoms with van der Waals surface area (Å²) in [5.41, 5.74) is 6.07. The highest BCUT2D eigenvalue weighted by Crippen LogP contribution is 2.43. The standard InChI is InChI=1S/C33H40N4O3S/c1-33(2,38)14-15-35-16-18-36(19-17-35)23-24-4-6-25(7-5-24)30-21-32-27(22-34-30)20-31(37(32)28-10-11-28)26-8-12-29(13-9-26)41(3,39)40/h4-9,12-13,20-22,28,38H,10-11,14-19,23H2,1-3H3. The van der Waals surface area contributed by atoms with Crippen molar-refractivity contribution in [3.63, 3.8) is 0 Å². The summed E-state index contributed by atoms with van der Waals surface area (Å²) in [6.45, 7) is 9.83. The summed E-state index contributed by atoms with van der Waals surface area (Å²) in [5, 5.41) is 11.1. The molecule has 1 saturated heterocycles. The predicted octanol–water partition coefficient (Wildman–Crippen LogP) is 5.39. The molecule has 0 spiro atoms. The van der Waals surface area contributed by atoms with Gasteiger partial charge in [-0.15, -0.1) is 0 Å². The highest BCUT2D eigenvalue weighted by molar-refractivity contribution is 7.90. The van der Waals surface area contributed by atoms with E-state index in [1.807, 2.05) is 32.2 Å².